The topological polar surface area (TPSA) is 41.0 Å². The van der Waals surface area contributed by atoms with Crippen molar-refractivity contribution in [2.75, 3.05) is 31.5 Å². The molecule has 0 radical (unpaired) electrons. The summed E-state index contributed by atoms with van der Waals surface area (Å²) in [5.41, 5.74) is 0. The highest BCUT2D eigenvalue weighted by Crippen LogP contribution is 2.38. The quantitative estimate of drug-likeness (QED) is 0.588. The fourth-order valence-corrected chi connectivity index (χ4v) is 2.51. The summed E-state index contributed by atoms with van der Waals surface area (Å²) < 4.78 is 0.885. The molecule has 0 spiro atoms. The van der Waals surface area contributed by atoms with Crippen LogP contribution in [0.1, 0.15) is 44.9 Å². The second kappa shape index (κ2) is 7.20. The van der Waals surface area contributed by atoms with Gasteiger partial charge in [0.2, 0.25) is 0 Å². The van der Waals surface area contributed by atoms with Gasteiger partial charge in [-0.25, -0.2) is 9.97 Å². The molecule has 1 fully saturated rings. The van der Waals surface area contributed by atoms with Crippen LogP contribution in [0.15, 0.2) is 10.7 Å². The van der Waals surface area contributed by atoms with E-state index in [-0.39, 0.29) is 0 Å². The molecule has 0 unspecified atom stereocenters. The lowest BCUT2D eigenvalue weighted by atomic mass is 10.3. The Morgan fingerprint density at radius 2 is 2.05 bits per heavy atom. The fraction of sp³-hybridized carbons (Fsp3) is 0.714. The van der Waals surface area contributed by atoms with Gasteiger partial charge in [-0.1, -0.05) is 13.8 Å². The van der Waals surface area contributed by atoms with E-state index in [9.17, 15) is 0 Å². The van der Waals surface area contributed by atoms with Crippen LogP contribution in [0.25, 0.3) is 0 Å². The van der Waals surface area contributed by atoms with Crippen LogP contribution in [0.2, 0.25) is 0 Å². The number of nitrogens with one attached hydrogen (secondary N) is 1. The van der Waals surface area contributed by atoms with Gasteiger partial charge in [-0.3, -0.25) is 0 Å². The SMILES string of the molecule is CCN(CC)CCCNc1cc(Br)nc(C2CC2)n1. The van der Waals surface area contributed by atoms with Crippen LogP contribution in [0.3, 0.4) is 0 Å². The zero-order chi connectivity index (χ0) is 13.7. The average molecular weight is 327 g/mol. The maximum atomic E-state index is 4.59. The van der Waals surface area contributed by atoms with E-state index in [0.717, 1.165) is 48.8 Å². The van der Waals surface area contributed by atoms with E-state index in [1.165, 1.54) is 12.8 Å². The summed E-state index contributed by atoms with van der Waals surface area (Å²) in [6.07, 6.45) is 3.61. The Kier molecular flexibility index (Phi) is 5.58. The molecule has 1 heterocycles. The second-order valence-corrected chi connectivity index (χ2v) is 5.83. The van der Waals surface area contributed by atoms with Gasteiger partial charge in [0.25, 0.3) is 0 Å². The minimum Gasteiger partial charge on any atom is -0.370 e. The van der Waals surface area contributed by atoms with Crippen molar-refractivity contribution in [2.45, 2.75) is 39.0 Å². The van der Waals surface area contributed by atoms with Crippen LogP contribution < -0.4 is 5.32 Å². The summed E-state index contributed by atoms with van der Waals surface area (Å²) in [5.74, 6) is 2.53. The number of halogens is 1. The van der Waals surface area contributed by atoms with Crippen molar-refractivity contribution in [2.24, 2.45) is 0 Å². The first-order valence-corrected chi connectivity index (χ1v) is 8.03. The van der Waals surface area contributed by atoms with Crippen molar-refractivity contribution in [3.8, 4) is 0 Å². The molecular weight excluding hydrogens is 304 g/mol. The van der Waals surface area contributed by atoms with Crippen molar-refractivity contribution in [1.82, 2.24) is 14.9 Å². The average Bonchev–Trinajstić information content (AvgIpc) is 3.23. The second-order valence-electron chi connectivity index (χ2n) is 5.02. The van der Waals surface area contributed by atoms with Crippen molar-refractivity contribution in [3.63, 3.8) is 0 Å². The fourth-order valence-electron chi connectivity index (χ4n) is 2.11. The molecule has 2 rings (SSSR count). The molecule has 5 heteroatoms. The van der Waals surface area contributed by atoms with Gasteiger partial charge in [0.15, 0.2) is 0 Å². The van der Waals surface area contributed by atoms with Gasteiger partial charge in [0.1, 0.15) is 16.2 Å². The Morgan fingerprint density at radius 3 is 2.68 bits per heavy atom. The Bertz CT molecular complexity index is 402. The molecule has 1 aliphatic rings. The van der Waals surface area contributed by atoms with Gasteiger partial charge in [-0.05, 0) is 54.8 Å². The van der Waals surface area contributed by atoms with Gasteiger partial charge in [0, 0.05) is 18.5 Å². The number of anilines is 1. The van der Waals surface area contributed by atoms with E-state index in [0.29, 0.717) is 5.92 Å². The molecule has 0 saturated heterocycles. The molecule has 1 N–H and O–H groups in total. The molecule has 0 aliphatic heterocycles. The summed E-state index contributed by atoms with van der Waals surface area (Å²) in [6.45, 7) is 8.77. The summed E-state index contributed by atoms with van der Waals surface area (Å²) >= 11 is 3.46. The van der Waals surface area contributed by atoms with Gasteiger partial charge < -0.3 is 10.2 Å². The highest BCUT2D eigenvalue weighted by molar-refractivity contribution is 9.10. The van der Waals surface area contributed by atoms with Crippen molar-refractivity contribution < 1.29 is 0 Å². The van der Waals surface area contributed by atoms with Crippen LogP contribution in [0.4, 0.5) is 5.82 Å². The zero-order valence-electron chi connectivity index (χ0n) is 11.8. The maximum Gasteiger partial charge on any atom is 0.135 e. The number of hydrogen-bond donors (Lipinski definition) is 1. The standard InChI is InChI=1S/C14H23BrN4/c1-3-19(4-2)9-5-8-16-13-10-12(15)17-14(18-13)11-6-7-11/h10-11H,3-9H2,1-2H3,(H,16,17,18). The monoisotopic (exact) mass is 326 g/mol. The largest absolute Gasteiger partial charge is 0.370 e. The molecule has 19 heavy (non-hydrogen) atoms. The van der Waals surface area contributed by atoms with E-state index in [2.05, 4.69) is 50.0 Å². The molecule has 0 atom stereocenters. The van der Waals surface area contributed by atoms with Crippen LogP contribution in [-0.4, -0.2) is 41.0 Å². The van der Waals surface area contributed by atoms with Gasteiger partial charge in [-0.2, -0.15) is 0 Å². The maximum absolute atomic E-state index is 4.59. The number of nitrogens with zero attached hydrogens (tertiary/aromatic N) is 3. The van der Waals surface area contributed by atoms with Crippen LogP contribution in [0, 0.1) is 0 Å². The first kappa shape index (κ1) is 14.7. The highest BCUT2D eigenvalue weighted by Gasteiger charge is 2.27. The van der Waals surface area contributed by atoms with E-state index < -0.39 is 0 Å². The smallest absolute Gasteiger partial charge is 0.135 e. The molecule has 0 aromatic carbocycles. The number of rotatable bonds is 8. The lowest BCUT2D eigenvalue weighted by Gasteiger charge is -2.17. The summed E-state index contributed by atoms with van der Waals surface area (Å²) in [6, 6.07) is 1.96. The zero-order valence-corrected chi connectivity index (χ0v) is 13.4. The van der Waals surface area contributed by atoms with Crippen molar-refractivity contribution in [3.05, 3.63) is 16.5 Å². The molecule has 1 saturated carbocycles. The van der Waals surface area contributed by atoms with E-state index >= 15 is 0 Å². The molecule has 1 aromatic heterocycles. The minimum absolute atomic E-state index is 0.591. The highest BCUT2D eigenvalue weighted by atomic mass is 79.9. The molecule has 4 nitrogen and oxygen atoms in total. The van der Waals surface area contributed by atoms with E-state index in [4.69, 9.17) is 0 Å². The van der Waals surface area contributed by atoms with Crippen molar-refractivity contribution in [1.29, 1.82) is 0 Å². The lowest BCUT2D eigenvalue weighted by molar-refractivity contribution is 0.303. The summed E-state index contributed by atoms with van der Waals surface area (Å²) in [4.78, 5) is 11.5. The number of aromatic nitrogens is 2. The molecule has 0 bridgehead atoms. The van der Waals surface area contributed by atoms with Crippen LogP contribution in [0.5, 0.6) is 0 Å². The first-order chi connectivity index (χ1) is 9.22. The Morgan fingerprint density at radius 1 is 1.32 bits per heavy atom. The van der Waals surface area contributed by atoms with Crippen molar-refractivity contribution >= 4 is 21.7 Å². The van der Waals surface area contributed by atoms with E-state index in [1.807, 2.05) is 6.07 Å². The van der Waals surface area contributed by atoms with Gasteiger partial charge >= 0.3 is 0 Å². The third-order valence-corrected chi connectivity index (χ3v) is 3.91. The lowest BCUT2D eigenvalue weighted by Crippen LogP contribution is -2.25. The Labute approximate surface area is 124 Å². The molecule has 1 aromatic rings. The third-order valence-electron chi connectivity index (χ3n) is 3.51. The van der Waals surface area contributed by atoms with E-state index in [1.54, 1.807) is 0 Å². The Balaban J connectivity index is 1.79. The molecule has 1 aliphatic carbocycles. The predicted molar refractivity (Wildman–Crippen MR) is 82.6 cm³/mol. The third kappa shape index (κ3) is 4.73. The predicted octanol–water partition coefficient (Wildman–Crippen LogP) is 3.26. The summed E-state index contributed by atoms with van der Waals surface area (Å²) in [7, 11) is 0. The van der Waals surface area contributed by atoms with Crippen LogP contribution in [-0.2, 0) is 0 Å². The molecule has 0 amide bonds. The molecule has 106 valence electrons. The normalized spacial score (nSPS) is 14.9. The number of hydrogen-bond acceptors (Lipinski definition) is 4. The minimum atomic E-state index is 0.591. The van der Waals surface area contributed by atoms with Crippen LogP contribution >= 0.6 is 15.9 Å². The molecular formula is C14H23BrN4. The first-order valence-electron chi connectivity index (χ1n) is 7.23. The Hall–Kier alpha value is -0.680. The summed E-state index contributed by atoms with van der Waals surface area (Å²) in [5, 5.41) is 3.40. The van der Waals surface area contributed by atoms with Gasteiger partial charge in [0.05, 0.1) is 0 Å². The van der Waals surface area contributed by atoms with Gasteiger partial charge in [-0.15, -0.1) is 0 Å².